The molecule has 4 nitrogen and oxygen atoms in total. The van der Waals surface area contributed by atoms with Crippen molar-refractivity contribution in [1.82, 2.24) is 0 Å². The first-order valence-electron chi connectivity index (χ1n) is 6.29. The molecule has 106 valence electrons. The highest BCUT2D eigenvalue weighted by Gasteiger charge is 1.99. The number of hydrogen-bond acceptors (Lipinski definition) is 5. The van der Waals surface area contributed by atoms with Gasteiger partial charge in [0.1, 0.15) is 5.75 Å². The summed E-state index contributed by atoms with van der Waals surface area (Å²) in [7, 11) is 0. The van der Waals surface area contributed by atoms with Gasteiger partial charge in [-0.1, -0.05) is 0 Å². The summed E-state index contributed by atoms with van der Waals surface area (Å²) in [6, 6.07) is 5.28. The number of unbranched alkanes of at least 4 members (excludes halogenated alkanes) is 1. The van der Waals surface area contributed by atoms with Gasteiger partial charge in [0.2, 0.25) is 0 Å². The van der Waals surface area contributed by atoms with Crippen molar-refractivity contribution in [3.8, 4) is 5.75 Å². The van der Waals surface area contributed by atoms with E-state index in [9.17, 15) is 0 Å². The van der Waals surface area contributed by atoms with Crippen LogP contribution >= 0.6 is 12.6 Å². The summed E-state index contributed by atoms with van der Waals surface area (Å²) in [5.74, 6) is 1.37. The number of aliphatic hydroxyl groups is 2. The van der Waals surface area contributed by atoms with E-state index in [4.69, 9.17) is 20.7 Å². The summed E-state index contributed by atoms with van der Waals surface area (Å²) in [5, 5.41) is 19.1. The maximum absolute atomic E-state index is 9.04. The number of hydrogen-bond donors (Lipinski definition) is 4. The summed E-state index contributed by atoms with van der Waals surface area (Å²) < 4.78 is 5.58. The normalized spacial score (nSPS) is 14.6. The fraction of sp³-hybridized carbons (Fsp3) is 0.429. The predicted octanol–water partition coefficient (Wildman–Crippen LogP) is 1.08. The Morgan fingerprint density at radius 3 is 2.58 bits per heavy atom. The first-order valence-corrected chi connectivity index (χ1v) is 6.92. The van der Waals surface area contributed by atoms with Crippen LogP contribution in [-0.2, 0) is 0 Å². The molecule has 0 unspecified atom stereocenters. The molecule has 19 heavy (non-hydrogen) atoms. The minimum Gasteiger partial charge on any atom is -0.515 e. The van der Waals surface area contributed by atoms with E-state index >= 15 is 0 Å². The lowest BCUT2D eigenvalue weighted by molar-refractivity contribution is 0.303. The first-order chi connectivity index (χ1) is 9.21. The Morgan fingerprint density at radius 2 is 1.95 bits per heavy atom. The molecule has 1 atom stereocenters. The lowest BCUT2D eigenvalue weighted by Gasteiger charge is -2.09. The van der Waals surface area contributed by atoms with Crippen LogP contribution in [-0.4, -0.2) is 28.6 Å². The van der Waals surface area contributed by atoms with Gasteiger partial charge in [-0.2, -0.15) is 12.6 Å². The maximum Gasteiger partial charge on any atom is 0.120 e. The molecule has 0 spiro atoms. The molecule has 0 bridgehead atoms. The van der Waals surface area contributed by atoms with E-state index in [-0.39, 0.29) is 6.04 Å². The molecular weight excluding hydrogens is 262 g/mol. The zero-order valence-electron chi connectivity index (χ0n) is 10.8. The van der Waals surface area contributed by atoms with E-state index in [1.807, 2.05) is 0 Å². The van der Waals surface area contributed by atoms with Gasteiger partial charge in [0, 0.05) is 22.2 Å². The van der Waals surface area contributed by atoms with E-state index < -0.39 is 0 Å². The largest absolute Gasteiger partial charge is 0.515 e. The molecule has 4 N–H and O–H groups in total. The molecule has 0 aliphatic rings. The van der Waals surface area contributed by atoms with Crippen LogP contribution < -0.4 is 20.9 Å². The highest BCUT2D eigenvalue weighted by Crippen LogP contribution is 2.06. The summed E-state index contributed by atoms with van der Waals surface area (Å²) in [5.41, 5.74) is 5.76. The number of benzene rings is 1. The van der Waals surface area contributed by atoms with Crippen molar-refractivity contribution >= 4 is 25.2 Å². The third-order valence-corrected chi connectivity index (χ3v) is 3.28. The summed E-state index contributed by atoms with van der Waals surface area (Å²) in [6.07, 6.45) is 4.77. The predicted molar refractivity (Wildman–Crippen MR) is 81.1 cm³/mol. The van der Waals surface area contributed by atoms with Crippen molar-refractivity contribution in [2.45, 2.75) is 25.3 Å². The van der Waals surface area contributed by atoms with Gasteiger partial charge < -0.3 is 20.7 Å². The number of nitrogens with two attached hydrogens (primary N) is 1. The molecule has 0 aromatic heterocycles. The molecule has 0 saturated carbocycles. The monoisotopic (exact) mass is 283 g/mol. The van der Waals surface area contributed by atoms with Gasteiger partial charge in [-0.05, 0) is 37.5 Å². The Balaban J connectivity index is 2.43. The SMILES string of the molecule is N[C@H](CS)CCCCOc1ccc(=CO)c(=CO)c1. The average molecular weight is 283 g/mol. The van der Waals surface area contributed by atoms with Crippen LogP contribution in [0.2, 0.25) is 0 Å². The van der Waals surface area contributed by atoms with Gasteiger partial charge in [-0.25, -0.2) is 0 Å². The zero-order chi connectivity index (χ0) is 14.1. The Morgan fingerprint density at radius 1 is 1.21 bits per heavy atom. The number of thiol groups is 1. The van der Waals surface area contributed by atoms with Gasteiger partial charge in [-0.15, -0.1) is 0 Å². The third-order valence-electron chi connectivity index (χ3n) is 2.81. The second-order valence-corrected chi connectivity index (χ2v) is 4.70. The van der Waals surface area contributed by atoms with E-state index in [1.165, 1.54) is 0 Å². The number of ether oxygens (including phenoxy) is 1. The summed E-state index contributed by atoms with van der Waals surface area (Å²) in [4.78, 5) is 0. The molecule has 1 aromatic rings. The number of rotatable bonds is 7. The lowest BCUT2D eigenvalue weighted by atomic mass is 10.1. The zero-order valence-corrected chi connectivity index (χ0v) is 11.7. The molecule has 0 saturated heterocycles. The minimum absolute atomic E-state index is 0.151. The molecule has 0 amide bonds. The van der Waals surface area contributed by atoms with Gasteiger partial charge in [-0.3, -0.25) is 0 Å². The van der Waals surface area contributed by atoms with Crippen molar-refractivity contribution in [2.75, 3.05) is 12.4 Å². The van der Waals surface area contributed by atoms with Crippen molar-refractivity contribution in [3.63, 3.8) is 0 Å². The Kier molecular flexibility index (Phi) is 7.22. The average Bonchev–Trinajstić information content (AvgIpc) is 2.46. The van der Waals surface area contributed by atoms with Gasteiger partial charge in [0.25, 0.3) is 0 Å². The second-order valence-electron chi connectivity index (χ2n) is 4.34. The van der Waals surface area contributed by atoms with Crippen LogP contribution in [0.4, 0.5) is 0 Å². The van der Waals surface area contributed by atoms with Crippen LogP contribution in [0.5, 0.6) is 5.75 Å². The lowest BCUT2D eigenvalue weighted by Crippen LogP contribution is -2.24. The Labute approximate surface area is 118 Å². The molecular formula is C14H21NO3S. The maximum atomic E-state index is 9.04. The molecule has 1 rings (SSSR count). The van der Waals surface area contributed by atoms with Crippen LogP contribution in [0.1, 0.15) is 19.3 Å². The van der Waals surface area contributed by atoms with Crippen LogP contribution in [0, 0.1) is 0 Å². The summed E-state index contributed by atoms with van der Waals surface area (Å²) in [6.45, 7) is 0.604. The Bertz CT molecular complexity index is 490. The van der Waals surface area contributed by atoms with E-state index in [2.05, 4.69) is 12.6 Å². The van der Waals surface area contributed by atoms with Crippen LogP contribution in [0.15, 0.2) is 18.2 Å². The van der Waals surface area contributed by atoms with E-state index in [0.29, 0.717) is 28.5 Å². The topological polar surface area (TPSA) is 75.7 Å². The fourth-order valence-corrected chi connectivity index (χ4v) is 1.84. The standard InChI is InChI=1S/C14H21NO3S/c15-13(10-19)3-1-2-6-18-14-5-4-11(8-16)12(7-14)9-17/h4-5,7-9,13,16-17,19H,1-3,6,10,15H2/t13-/m0/s1. The van der Waals surface area contributed by atoms with Gasteiger partial charge in [0.15, 0.2) is 0 Å². The second kappa shape index (κ2) is 8.72. The van der Waals surface area contributed by atoms with Crippen molar-refractivity contribution in [3.05, 3.63) is 28.6 Å². The van der Waals surface area contributed by atoms with Gasteiger partial charge >= 0.3 is 0 Å². The van der Waals surface area contributed by atoms with Crippen LogP contribution in [0.25, 0.3) is 12.5 Å². The molecule has 0 radical (unpaired) electrons. The highest BCUT2D eigenvalue weighted by atomic mass is 32.1. The smallest absolute Gasteiger partial charge is 0.120 e. The van der Waals surface area contributed by atoms with Crippen molar-refractivity contribution < 1.29 is 14.9 Å². The molecule has 5 heteroatoms. The highest BCUT2D eigenvalue weighted by molar-refractivity contribution is 7.80. The van der Waals surface area contributed by atoms with E-state index in [0.717, 1.165) is 31.8 Å². The molecule has 1 aromatic carbocycles. The molecule has 0 heterocycles. The van der Waals surface area contributed by atoms with Crippen molar-refractivity contribution in [1.29, 1.82) is 0 Å². The molecule has 0 aliphatic heterocycles. The van der Waals surface area contributed by atoms with Gasteiger partial charge in [0.05, 0.1) is 19.1 Å². The van der Waals surface area contributed by atoms with Crippen molar-refractivity contribution in [2.24, 2.45) is 5.73 Å². The minimum atomic E-state index is 0.151. The van der Waals surface area contributed by atoms with E-state index in [1.54, 1.807) is 18.2 Å². The first kappa shape index (κ1) is 15.7. The summed E-state index contributed by atoms with van der Waals surface area (Å²) >= 11 is 4.13. The van der Waals surface area contributed by atoms with Crippen LogP contribution in [0.3, 0.4) is 0 Å². The molecule has 0 fully saturated rings. The third kappa shape index (κ3) is 5.44. The Hall–Kier alpha value is -1.33. The number of aliphatic hydroxyl groups excluding tert-OH is 2. The molecule has 0 aliphatic carbocycles. The quantitative estimate of drug-likeness (QED) is 0.446. The fourth-order valence-electron chi connectivity index (χ4n) is 1.66.